The third kappa shape index (κ3) is 2.76. The monoisotopic (exact) mass is 245 g/mol. The Bertz CT molecular complexity index is 507. The van der Waals surface area contributed by atoms with E-state index in [2.05, 4.69) is 17.1 Å². The van der Waals surface area contributed by atoms with Crippen molar-refractivity contribution in [1.29, 1.82) is 0 Å². The van der Waals surface area contributed by atoms with Gasteiger partial charge in [0.1, 0.15) is 0 Å². The van der Waals surface area contributed by atoms with Gasteiger partial charge in [0, 0.05) is 5.56 Å². The Morgan fingerprint density at radius 1 is 1.33 bits per heavy atom. The van der Waals surface area contributed by atoms with Crippen molar-refractivity contribution < 1.29 is 4.52 Å². The molecule has 18 heavy (non-hydrogen) atoms. The summed E-state index contributed by atoms with van der Waals surface area (Å²) < 4.78 is 5.25. The molecule has 0 spiro atoms. The first-order valence-electron chi connectivity index (χ1n) is 6.37. The molecule has 2 N–H and O–H groups in total. The van der Waals surface area contributed by atoms with E-state index in [4.69, 9.17) is 10.3 Å². The SMILES string of the molecule is CCCC[C@H](N)c1nc(-c2ccccc2C)no1. The Labute approximate surface area is 107 Å². The Hall–Kier alpha value is -1.68. The Balaban J connectivity index is 2.18. The molecule has 0 aliphatic carbocycles. The summed E-state index contributed by atoms with van der Waals surface area (Å²) in [6.07, 6.45) is 3.07. The van der Waals surface area contributed by atoms with Crippen molar-refractivity contribution in [1.82, 2.24) is 10.1 Å². The molecule has 2 rings (SSSR count). The maximum absolute atomic E-state index is 6.01. The van der Waals surface area contributed by atoms with Crippen LogP contribution in [0, 0.1) is 6.92 Å². The number of hydrogen-bond donors (Lipinski definition) is 1. The summed E-state index contributed by atoms with van der Waals surface area (Å²) in [6.45, 7) is 4.17. The number of benzene rings is 1. The molecular formula is C14H19N3O. The second-order valence-electron chi connectivity index (χ2n) is 4.52. The summed E-state index contributed by atoms with van der Waals surface area (Å²) in [7, 11) is 0. The van der Waals surface area contributed by atoms with Crippen LogP contribution in [0.15, 0.2) is 28.8 Å². The highest BCUT2D eigenvalue weighted by Gasteiger charge is 2.15. The van der Waals surface area contributed by atoms with Crippen molar-refractivity contribution in [2.45, 2.75) is 39.2 Å². The summed E-state index contributed by atoms with van der Waals surface area (Å²) >= 11 is 0. The predicted molar refractivity (Wildman–Crippen MR) is 70.9 cm³/mol. The molecule has 4 nitrogen and oxygen atoms in total. The van der Waals surface area contributed by atoms with E-state index < -0.39 is 0 Å². The molecule has 1 aromatic heterocycles. The minimum absolute atomic E-state index is 0.157. The van der Waals surface area contributed by atoms with Crippen LogP contribution >= 0.6 is 0 Å². The van der Waals surface area contributed by atoms with Crippen LogP contribution in [-0.2, 0) is 0 Å². The number of nitrogens with two attached hydrogens (primary N) is 1. The van der Waals surface area contributed by atoms with Gasteiger partial charge in [-0.2, -0.15) is 4.98 Å². The summed E-state index contributed by atoms with van der Waals surface area (Å²) in [4.78, 5) is 4.39. The van der Waals surface area contributed by atoms with Crippen molar-refractivity contribution in [3.05, 3.63) is 35.7 Å². The molecule has 0 aliphatic heterocycles. The minimum atomic E-state index is -0.157. The number of nitrogens with zero attached hydrogens (tertiary/aromatic N) is 2. The second-order valence-corrected chi connectivity index (χ2v) is 4.52. The average Bonchev–Trinajstić information content (AvgIpc) is 2.86. The van der Waals surface area contributed by atoms with Gasteiger partial charge in [-0.05, 0) is 18.9 Å². The van der Waals surface area contributed by atoms with Crippen molar-refractivity contribution in [3.8, 4) is 11.4 Å². The van der Waals surface area contributed by atoms with Crippen molar-refractivity contribution >= 4 is 0 Å². The van der Waals surface area contributed by atoms with Crippen LogP contribution in [0.25, 0.3) is 11.4 Å². The number of rotatable bonds is 5. The molecule has 1 aromatic carbocycles. The molecule has 0 amide bonds. The lowest BCUT2D eigenvalue weighted by Crippen LogP contribution is -2.10. The smallest absolute Gasteiger partial charge is 0.243 e. The van der Waals surface area contributed by atoms with Crippen molar-refractivity contribution in [3.63, 3.8) is 0 Å². The van der Waals surface area contributed by atoms with Gasteiger partial charge in [0.15, 0.2) is 0 Å². The molecule has 0 fully saturated rings. The van der Waals surface area contributed by atoms with E-state index in [0.717, 1.165) is 30.4 Å². The van der Waals surface area contributed by atoms with Crippen LogP contribution in [0.3, 0.4) is 0 Å². The van der Waals surface area contributed by atoms with E-state index >= 15 is 0 Å². The van der Waals surface area contributed by atoms with Gasteiger partial charge in [-0.25, -0.2) is 0 Å². The van der Waals surface area contributed by atoms with Crippen LogP contribution < -0.4 is 5.73 Å². The van der Waals surface area contributed by atoms with Crippen LogP contribution in [0.4, 0.5) is 0 Å². The Morgan fingerprint density at radius 3 is 2.83 bits per heavy atom. The molecule has 96 valence electrons. The highest BCUT2D eigenvalue weighted by atomic mass is 16.5. The van der Waals surface area contributed by atoms with Crippen LogP contribution in [0.2, 0.25) is 0 Å². The molecule has 2 aromatic rings. The zero-order valence-electron chi connectivity index (χ0n) is 10.9. The number of aryl methyl sites for hydroxylation is 1. The molecule has 1 atom stereocenters. The molecular weight excluding hydrogens is 226 g/mol. The molecule has 0 saturated carbocycles. The maximum Gasteiger partial charge on any atom is 0.243 e. The highest BCUT2D eigenvalue weighted by Crippen LogP contribution is 2.22. The molecule has 0 unspecified atom stereocenters. The van der Waals surface area contributed by atoms with Crippen LogP contribution in [-0.4, -0.2) is 10.1 Å². The van der Waals surface area contributed by atoms with Crippen LogP contribution in [0.1, 0.15) is 43.7 Å². The van der Waals surface area contributed by atoms with Crippen LogP contribution in [0.5, 0.6) is 0 Å². The number of aromatic nitrogens is 2. The van der Waals surface area contributed by atoms with E-state index in [1.165, 1.54) is 0 Å². The standard InChI is InChI=1S/C14H19N3O/c1-3-4-9-12(15)14-16-13(17-18-14)11-8-6-5-7-10(11)2/h5-8,12H,3-4,9,15H2,1-2H3/t12-/m0/s1. The summed E-state index contributed by atoms with van der Waals surface area (Å²) in [6, 6.07) is 7.82. The molecule has 0 radical (unpaired) electrons. The Kier molecular flexibility index (Phi) is 4.10. The first kappa shape index (κ1) is 12.8. The van der Waals surface area contributed by atoms with E-state index in [-0.39, 0.29) is 6.04 Å². The fraction of sp³-hybridized carbons (Fsp3) is 0.429. The topological polar surface area (TPSA) is 64.9 Å². The normalized spacial score (nSPS) is 12.6. The largest absolute Gasteiger partial charge is 0.337 e. The highest BCUT2D eigenvalue weighted by molar-refractivity contribution is 5.58. The fourth-order valence-electron chi connectivity index (χ4n) is 1.87. The Morgan fingerprint density at radius 2 is 2.11 bits per heavy atom. The molecule has 0 saturated heterocycles. The quantitative estimate of drug-likeness (QED) is 0.878. The lowest BCUT2D eigenvalue weighted by molar-refractivity contribution is 0.346. The van der Waals surface area contributed by atoms with E-state index in [1.54, 1.807) is 0 Å². The lowest BCUT2D eigenvalue weighted by Gasteiger charge is -2.04. The van der Waals surface area contributed by atoms with E-state index in [0.29, 0.717) is 11.7 Å². The van der Waals surface area contributed by atoms with Gasteiger partial charge in [0.2, 0.25) is 11.7 Å². The molecule has 1 heterocycles. The molecule has 0 aliphatic rings. The molecule has 0 bridgehead atoms. The zero-order valence-corrected chi connectivity index (χ0v) is 10.9. The van der Waals surface area contributed by atoms with Gasteiger partial charge in [-0.3, -0.25) is 0 Å². The van der Waals surface area contributed by atoms with Crippen molar-refractivity contribution in [2.24, 2.45) is 5.73 Å². The van der Waals surface area contributed by atoms with Gasteiger partial charge >= 0.3 is 0 Å². The average molecular weight is 245 g/mol. The third-order valence-electron chi connectivity index (χ3n) is 3.01. The van der Waals surface area contributed by atoms with E-state index in [1.807, 2.05) is 31.2 Å². The molecule has 4 heteroatoms. The lowest BCUT2D eigenvalue weighted by atomic mass is 10.1. The van der Waals surface area contributed by atoms with Gasteiger partial charge in [-0.1, -0.05) is 49.2 Å². The zero-order chi connectivity index (χ0) is 13.0. The van der Waals surface area contributed by atoms with Gasteiger partial charge in [0.25, 0.3) is 0 Å². The van der Waals surface area contributed by atoms with Gasteiger partial charge < -0.3 is 10.3 Å². The number of hydrogen-bond acceptors (Lipinski definition) is 4. The maximum atomic E-state index is 6.01. The minimum Gasteiger partial charge on any atom is -0.337 e. The second kappa shape index (κ2) is 5.78. The summed E-state index contributed by atoms with van der Waals surface area (Å²) in [5.74, 6) is 1.15. The van der Waals surface area contributed by atoms with Gasteiger partial charge in [0.05, 0.1) is 6.04 Å². The fourth-order valence-corrected chi connectivity index (χ4v) is 1.87. The summed E-state index contributed by atoms with van der Waals surface area (Å²) in [5.41, 5.74) is 8.14. The van der Waals surface area contributed by atoms with Gasteiger partial charge in [-0.15, -0.1) is 0 Å². The van der Waals surface area contributed by atoms with Crippen molar-refractivity contribution in [2.75, 3.05) is 0 Å². The predicted octanol–water partition coefficient (Wildman–Crippen LogP) is 3.24. The first-order chi connectivity index (χ1) is 8.72. The number of unbranched alkanes of at least 4 members (excludes halogenated alkanes) is 1. The first-order valence-corrected chi connectivity index (χ1v) is 6.37. The summed E-state index contributed by atoms with van der Waals surface area (Å²) in [5, 5.41) is 4.01. The van der Waals surface area contributed by atoms with E-state index in [9.17, 15) is 0 Å². The third-order valence-corrected chi connectivity index (χ3v) is 3.01.